The predicted molar refractivity (Wildman–Crippen MR) is 55.0 cm³/mol. The zero-order chi connectivity index (χ0) is 8.85. The maximum Gasteiger partial charge on any atom is 0.0170 e. The molecule has 0 heterocycles. The van der Waals surface area contributed by atoms with E-state index in [1.165, 1.54) is 5.75 Å². The van der Waals surface area contributed by atoms with Gasteiger partial charge in [0.15, 0.2) is 0 Å². The average molecular weight is 175 g/mol. The van der Waals surface area contributed by atoms with Gasteiger partial charge in [0.25, 0.3) is 0 Å². The molecule has 0 bridgehead atoms. The van der Waals surface area contributed by atoms with E-state index in [0.717, 1.165) is 12.3 Å². The number of hydrogen-bond acceptors (Lipinski definition) is 2. The van der Waals surface area contributed by atoms with Crippen molar-refractivity contribution in [2.24, 2.45) is 11.7 Å². The maximum atomic E-state index is 5.88. The highest BCUT2D eigenvalue weighted by molar-refractivity contribution is 7.99. The first kappa shape index (κ1) is 11.3. The summed E-state index contributed by atoms with van der Waals surface area (Å²) in [4.78, 5) is 0. The summed E-state index contributed by atoms with van der Waals surface area (Å²) >= 11 is 1.99. The van der Waals surface area contributed by atoms with Gasteiger partial charge in [-0.1, -0.05) is 27.7 Å². The normalized spacial score (nSPS) is 16.9. The van der Waals surface area contributed by atoms with Crippen LogP contribution in [0.5, 0.6) is 0 Å². The molecule has 0 aliphatic heterocycles. The van der Waals surface area contributed by atoms with Gasteiger partial charge in [-0.25, -0.2) is 0 Å². The highest BCUT2D eigenvalue weighted by Gasteiger charge is 2.10. The fraction of sp³-hybridized carbons (Fsp3) is 1.00. The van der Waals surface area contributed by atoms with Crippen molar-refractivity contribution in [3.05, 3.63) is 0 Å². The van der Waals surface area contributed by atoms with Crippen molar-refractivity contribution in [1.29, 1.82) is 0 Å². The smallest absolute Gasteiger partial charge is 0.0170 e. The van der Waals surface area contributed by atoms with Gasteiger partial charge in [0.05, 0.1) is 0 Å². The summed E-state index contributed by atoms with van der Waals surface area (Å²) in [5.41, 5.74) is 5.88. The molecule has 68 valence electrons. The minimum absolute atomic E-state index is 0.374. The van der Waals surface area contributed by atoms with E-state index in [0.29, 0.717) is 11.3 Å². The molecule has 0 fully saturated rings. The molecule has 0 saturated carbocycles. The van der Waals surface area contributed by atoms with Gasteiger partial charge in [-0.15, -0.1) is 0 Å². The molecule has 2 heteroatoms. The van der Waals surface area contributed by atoms with E-state index in [4.69, 9.17) is 5.73 Å². The highest BCUT2D eigenvalue weighted by atomic mass is 32.2. The van der Waals surface area contributed by atoms with Crippen LogP contribution in [0.2, 0.25) is 0 Å². The number of nitrogens with two attached hydrogens (primary N) is 1. The Labute approximate surface area is 75.1 Å². The van der Waals surface area contributed by atoms with Crippen molar-refractivity contribution in [3.63, 3.8) is 0 Å². The van der Waals surface area contributed by atoms with Gasteiger partial charge in [-0.2, -0.15) is 11.8 Å². The van der Waals surface area contributed by atoms with E-state index in [2.05, 4.69) is 27.7 Å². The van der Waals surface area contributed by atoms with E-state index >= 15 is 0 Å². The van der Waals surface area contributed by atoms with Crippen LogP contribution in [0.25, 0.3) is 0 Å². The molecule has 0 aliphatic carbocycles. The second-order valence-corrected chi connectivity index (χ2v) is 4.91. The summed E-state index contributed by atoms with van der Waals surface area (Å²) in [7, 11) is 0. The Morgan fingerprint density at radius 2 is 1.82 bits per heavy atom. The quantitative estimate of drug-likeness (QED) is 0.695. The summed E-state index contributed by atoms with van der Waals surface area (Å²) in [5, 5.41) is 0.613. The van der Waals surface area contributed by atoms with E-state index in [1.54, 1.807) is 0 Å². The van der Waals surface area contributed by atoms with E-state index < -0.39 is 0 Å². The summed E-state index contributed by atoms with van der Waals surface area (Å²) in [6, 6.07) is 0.374. The molecule has 0 amide bonds. The first-order valence-corrected chi connectivity index (χ1v) is 5.50. The van der Waals surface area contributed by atoms with Gasteiger partial charge in [-0.05, 0) is 18.1 Å². The Hall–Kier alpha value is 0.310. The fourth-order valence-corrected chi connectivity index (χ4v) is 1.93. The Balaban J connectivity index is 3.43. The third-order valence-corrected chi connectivity index (χ3v) is 3.50. The number of rotatable bonds is 5. The lowest BCUT2D eigenvalue weighted by Gasteiger charge is -2.18. The molecule has 0 aromatic carbocycles. The lowest BCUT2D eigenvalue weighted by Crippen LogP contribution is -2.29. The highest BCUT2D eigenvalue weighted by Crippen LogP contribution is 2.17. The van der Waals surface area contributed by atoms with Crippen LogP contribution in [0, 0.1) is 5.92 Å². The summed E-state index contributed by atoms with van der Waals surface area (Å²) in [6.45, 7) is 8.87. The number of hydrogen-bond donors (Lipinski definition) is 1. The molecule has 2 unspecified atom stereocenters. The van der Waals surface area contributed by atoms with Crippen molar-refractivity contribution < 1.29 is 0 Å². The van der Waals surface area contributed by atoms with Crippen LogP contribution in [0.4, 0.5) is 0 Å². The molecule has 2 N–H and O–H groups in total. The monoisotopic (exact) mass is 175 g/mol. The summed E-state index contributed by atoms with van der Waals surface area (Å²) < 4.78 is 0. The molecule has 0 aromatic heterocycles. The van der Waals surface area contributed by atoms with Crippen LogP contribution in [-0.4, -0.2) is 17.0 Å². The summed E-state index contributed by atoms with van der Waals surface area (Å²) in [6.07, 6.45) is 1.09. The molecule has 1 nitrogen and oxygen atoms in total. The molecule has 11 heavy (non-hydrogen) atoms. The van der Waals surface area contributed by atoms with Crippen molar-refractivity contribution in [1.82, 2.24) is 0 Å². The molecular formula is C9H21NS. The molecule has 0 saturated heterocycles. The largest absolute Gasteiger partial charge is 0.327 e. The molecule has 2 atom stereocenters. The third kappa shape index (κ3) is 5.57. The Morgan fingerprint density at radius 3 is 2.18 bits per heavy atom. The standard InChI is InChI=1S/C9H21NS/c1-5-9(10)8(4)11-6-7(2)3/h7-9H,5-6,10H2,1-4H3. The van der Waals surface area contributed by atoms with Crippen molar-refractivity contribution in [3.8, 4) is 0 Å². The Bertz CT molecular complexity index is 93.6. The van der Waals surface area contributed by atoms with Crippen LogP contribution in [0.15, 0.2) is 0 Å². The topological polar surface area (TPSA) is 26.0 Å². The minimum Gasteiger partial charge on any atom is -0.327 e. The second-order valence-electron chi connectivity index (χ2n) is 3.50. The predicted octanol–water partition coefficient (Wildman–Crippen LogP) is 2.50. The molecule has 0 rings (SSSR count). The Kier molecular flexibility index (Phi) is 6.06. The summed E-state index contributed by atoms with van der Waals surface area (Å²) in [5.74, 6) is 2.01. The van der Waals surface area contributed by atoms with E-state index in [-0.39, 0.29) is 0 Å². The maximum absolute atomic E-state index is 5.88. The van der Waals surface area contributed by atoms with E-state index in [9.17, 15) is 0 Å². The lowest BCUT2D eigenvalue weighted by molar-refractivity contribution is 0.639. The van der Waals surface area contributed by atoms with Crippen molar-refractivity contribution >= 4 is 11.8 Å². The fourth-order valence-electron chi connectivity index (χ4n) is 0.800. The number of thioether (sulfide) groups is 1. The first-order valence-electron chi connectivity index (χ1n) is 4.45. The molecule has 0 aromatic rings. The van der Waals surface area contributed by atoms with Crippen LogP contribution in [-0.2, 0) is 0 Å². The average Bonchev–Trinajstić information content (AvgIpc) is 1.98. The van der Waals surface area contributed by atoms with Gasteiger partial charge in [-0.3, -0.25) is 0 Å². The minimum atomic E-state index is 0.374. The zero-order valence-corrected chi connectivity index (χ0v) is 8.95. The first-order chi connectivity index (χ1) is 5.07. The second kappa shape index (κ2) is 5.90. The van der Waals surface area contributed by atoms with Crippen LogP contribution >= 0.6 is 11.8 Å². The lowest BCUT2D eigenvalue weighted by atomic mass is 10.2. The molecule has 0 aliphatic rings. The molecule has 0 radical (unpaired) electrons. The van der Waals surface area contributed by atoms with Gasteiger partial charge in [0, 0.05) is 11.3 Å². The van der Waals surface area contributed by atoms with Crippen LogP contribution in [0.3, 0.4) is 0 Å². The van der Waals surface area contributed by atoms with Gasteiger partial charge in [0.1, 0.15) is 0 Å². The van der Waals surface area contributed by atoms with E-state index in [1.807, 2.05) is 11.8 Å². The van der Waals surface area contributed by atoms with Crippen LogP contribution < -0.4 is 5.73 Å². The van der Waals surface area contributed by atoms with Gasteiger partial charge >= 0.3 is 0 Å². The van der Waals surface area contributed by atoms with Gasteiger partial charge in [0.2, 0.25) is 0 Å². The Morgan fingerprint density at radius 1 is 1.27 bits per heavy atom. The molecular weight excluding hydrogens is 154 g/mol. The van der Waals surface area contributed by atoms with Crippen LogP contribution in [0.1, 0.15) is 34.1 Å². The van der Waals surface area contributed by atoms with Gasteiger partial charge < -0.3 is 5.73 Å². The SMILES string of the molecule is CCC(N)C(C)SCC(C)C. The third-order valence-electron chi connectivity index (χ3n) is 1.77. The van der Waals surface area contributed by atoms with Crippen molar-refractivity contribution in [2.75, 3.05) is 5.75 Å². The van der Waals surface area contributed by atoms with Crippen molar-refractivity contribution in [2.45, 2.75) is 45.4 Å². The molecule has 0 spiro atoms. The zero-order valence-electron chi connectivity index (χ0n) is 8.13.